The minimum atomic E-state index is -4.74. The molecule has 0 aromatic heterocycles. The fourth-order valence-corrected chi connectivity index (χ4v) is 5.69. The number of halogens is 5. The Morgan fingerprint density at radius 2 is 1.79 bits per heavy atom. The zero-order valence-electron chi connectivity index (χ0n) is 25.7. The third-order valence-electron chi connectivity index (χ3n) is 7.62. The predicted octanol–water partition coefficient (Wildman–Crippen LogP) is 6.70. The highest BCUT2D eigenvalue weighted by Gasteiger charge is 2.53. The molecule has 13 heteroatoms. The van der Waals surface area contributed by atoms with E-state index in [1.165, 1.54) is 7.11 Å². The quantitative estimate of drug-likeness (QED) is 0.0805. The van der Waals surface area contributed by atoms with Gasteiger partial charge < -0.3 is 19.3 Å². The lowest BCUT2D eigenvalue weighted by Crippen LogP contribution is -2.53. The molecule has 1 heterocycles. The van der Waals surface area contributed by atoms with Crippen molar-refractivity contribution in [1.82, 2.24) is 10.9 Å². The van der Waals surface area contributed by atoms with Crippen LogP contribution in [0.5, 0.6) is 11.5 Å². The van der Waals surface area contributed by atoms with Crippen molar-refractivity contribution >= 4 is 27.7 Å². The first-order valence-electron chi connectivity index (χ1n) is 14.9. The lowest BCUT2D eigenvalue weighted by molar-refractivity contribution is -0.138. The molecule has 0 unspecified atom stereocenters. The Morgan fingerprint density at radius 3 is 2.50 bits per heavy atom. The van der Waals surface area contributed by atoms with Crippen LogP contribution in [0.2, 0.25) is 0 Å². The van der Waals surface area contributed by atoms with Gasteiger partial charge in [-0.1, -0.05) is 46.3 Å². The molecule has 0 spiro atoms. The van der Waals surface area contributed by atoms with E-state index in [2.05, 4.69) is 26.8 Å². The van der Waals surface area contributed by atoms with E-state index in [0.717, 1.165) is 22.2 Å². The number of aliphatic imine (C=N–C) groups is 1. The number of benzene rings is 4. The lowest BCUT2D eigenvalue weighted by atomic mass is 9.82. The van der Waals surface area contributed by atoms with Crippen LogP contribution < -0.4 is 20.3 Å². The Labute approximate surface area is 282 Å². The first-order valence-corrected chi connectivity index (χ1v) is 15.7. The average Bonchev–Trinajstić information content (AvgIpc) is 3.46. The van der Waals surface area contributed by atoms with Crippen molar-refractivity contribution < 1.29 is 41.7 Å². The van der Waals surface area contributed by atoms with Crippen LogP contribution in [0.15, 0.2) is 100 Å². The number of alkyl halides is 3. The van der Waals surface area contributed by atoms with Gasteiger partial charge >= 0.3 is 6.18 Å². The van der Waals surface area contributed by atoms with Crippen LogP contribution in [0.3, 0.4) is 0 Å². The van der Waals surface area contributed by atoms with Gasteiger partial charge in [0.15, 0.2) is 11.6 Å². The van der Waals surface area contributed by atoms with Crippen LogP contribution in [0.25, 0.3) is 0 Å². The number of hydrogen-bond donors (Lipinski definition) is 3. The fraction of sp³-hybridized carbons (Fsp3) is 0.257. The molecule has 0 bridgehead atoms. The largest absolute Gasteiger partial charge is 0.497 e. The van der Waals surface area contributed by atoms with Crippen molar-refractivity contribution in [3.8, 4) is 11.5 Å². The van der Waals surface area contributed by atoms with Crippen molar-refractivity contribution in [2.24, 2.45) is 4.99 Å². The summed E-state index contributed by atoms with van der Waals surface area (Å²) in [5.41, 5.74) is 4.33. The van der Waals surface area contributed by atoms with Crippen molar-refractivity contribution in [3.63, 3.8) is 0 Å². The summed E-state index contributed by atoms with van der Waals surface area (Å²) in [5, 5.41) is 9.05. The number of hydrazine groups is 1. The molecule has 252 valence electrons. The van der Waals surface area contributed by atoms with Gasteiger partial charge in [0.25, 0.3) is 5.91 Å². The number of carbonyl (C=O) groups is 1. The maximum Gasteiger partial charge on any atom is 0.416 e. The Kier molecular flexibility index (Phi) is 11.0. The van der Waals surface area contributed by atoms with Crippen LogP contribution in [0.1, 0.15) is 40.3 Å². The normalized spacial score (nSPS) is 17.4. The van der Waals surface area contributed by atoms with Crippen LogP contribution in [-0.4, -0.2) is 42.8 Å². The molecule has 8 nitrogen and oxygen atoms in total. The van der Waals surface area contributed by atoms with Crippen molar-refractivity contribution in [1.29, 1.82) is 0 Å². The number of aliphatic hydroxyl groups is 1. The predicted molar refractivity (Wildman–Crippen MR) is 174 cm³/mol. The molecule has 2 atom stereocenters. The van der Waals surface area contributed by atoms with E-state index in [1.54, 1.807) is 48.5 Å². The topological polar surface area (TPSA) is 101 Å². The van der Waals surface area contributed by atoms with E-state index >= 15 is 0 Å². The van der Waals surface area contributed by atoms with Gasteiger partial charge in [-0.3, -0.25) is 10.2 Å². The maximum absolute atomic E-state index is 14.4. The summed E-state index contributed by atoms with van der Waals surface area (Å²) in [7, 11) is 1.52. The van der Waals surface area contributed by atoms with Gasteiger partial charge in [-0.05, 0) is 77.4 Å². The second kappa shape index (κ2) is 15.2. The third-order valence-corrected chi connectivity index (χ3v) is 8.40. The zero-order valence-corrected chi connectivity index (χ0v) is 27.3. The number of nitrogens with zero attached hydrogens (tertiary/aromatic N) is 1. The van der Waals surface area contributed by atoms with Crippen molar-refractivity contribution in [2.75, 3.05) is 20.3 Å². The molecule has 48 heavy (non-hydrogen) atoms. The van der Waals surface area contributed by atoms with Gasteiger partial charge in [0.05, 0.1) is 19.3 Å². The minimum absolute atomic E-state index is 0.00174. The van der Waals surface area contributed by atoms with Gasteiger partial charge in [-0.25, -0.2) is 14.8 Å². The highest BCUT2D eigenvalue weighted by Crippen LogP contribution is 2.44. The van der Waals surface area contributed by atoms with Gasteiger partial charge in [0, 0.05) is 36.0 Å². The van der Waals surface area contributed by atoms with Crippen molar-refractivity contribution in [2.45, 2.75) is 37.2 Å². The van der Waals surface area contributed by atoms with Gasteiger partial charge in [0.1, 0.15) is 17.3 Å². The molecule has 0 fully saturated rings. The summed E-state index contributed by atoms with van der Waals surface area (Å²) in [6.45, 7) is 0.0268. The Hall–Kier alpha value is -4.46. The maximum atomic E-state index is 14.4. The SMILES string of the molecule is COc1cccc([C@@H]2OC(c3ccc(OCCCO)cc3)=N[C@]2(Cc2ccccc2Br)C(=O)NNCc2cc(F)cc(C(F)(F)F)c2)c1. The van der Waals surface area contributed by atoms with Crippen LogP contribution >= 0.6 is 15.9 Å². The number of methoxy groups -OCH3 is 1. The summed E-state index contributed by atoms with van der Waals surface area (Å²) >= 11 is 3.57. The molecule has 4 aromatic rings. The van der Waals surface area contributed by atoms with E-state index in [0.29, 0.717) is 41.7 Å². The second-order valence-electron chi connectivity index (χ2n) is 11.0. The average molecular weight is 731 g/mol. The summed E-state index contributed by atoms with van der Waals surface area (Å²) < 4.78 is 72.3. The van der Waals surface area contributed by atoms with Gasteiger partial charge in [0.2, 0.25) is 5.90 Å². The zero-order chi connectivity index (χ0) is 34.3. The van der Waals surface area contributed by atoms with Crippen LogP contribution in [0, 0.1) is 5.82 Å². The smallest absolute Gasteiger partial charge is 0.416 e. The highest BCUT2D eigenvalue weighted by molar-refractivity contribution is 9.10. The monoisotopic (exact) mass is 729 g/mol. The van der Waals surface area contributed by atoms with Gasteiger partial charge in [-0.15, -0.1) is 0 Å². The first-order chi connectivity index (χ1) is 23.0. The Bertz CT molecular complexity index is 1770. The fourth-order valence-electron chi connectivity index (χ4n) is 5.27. The summed E-state index contributed by atoms with van der Waals surface area (Å²) in [5.74, 6) is -0.430. The Balaban J connectivity index is 1.53. The molecular formula is C35H32BrF4N3O5. The summed E-state index contributed by atoms with van der Waals surface area (Å²) in [6.07, 6.45) is -5.20. The van der Waals surface area contributed by atoms with E-state index in [4.69, 9.17) is 24.3 Å². The number of amides is 1. The molecule has 0 aliphatic carbocycles. The summed E-state index contributed by atoms with van der Waals surface area (Å²) in [6, 6.07) is 23.5. The molecule has 5 rings (SSSR count). The van der Waals surface area contributed by atoms with Crippen LogP contribution in [-0.2, 0) is 28.7 Å². The van der Waals surface area contributed by atoms with Crippen molar-refractivity contribution in [3.05, 3.63) is 129 Å². The number of carbonyl (C=O) groups excluding carboxylic acids is 1. The number of ether oxygens (including phenoxy) is 3. The molecule has 0 saturated heterocycles. The number of rotatable bonds is 13. The molecule has 0 saturated carbocycles. The minimum Gasteiger partial charge on any atom is -0.497 e. The number of nitrogens with one attached hydrogen (secondary N) is 2. The molecular weight excluding hydrogens is 698 g/mol. The molecule has 3 N–H and O–H groups in total. The Morgan fingerprint density at radius 1 is 1.02 bits per heavy atom. The second-order valence-corrected chi connectivity index (χ2v) is 11.8. The first kappa shape index (κ1) is 34.9. The molecule has 1 aliphatic rings. The van der Waals surface area contributed by atoms with Crippen LogP contribution in [0.4, 0.5) is 17.6 Å². The van der Waals surface area contributed by atoms with E-state index in [9.17, 15) is 22.4 Å². The van der Waals surface area contributed by atoms with E-state index in [1.807, 2.05) is 24.3 Å². The van der Waals surface area contributed by atoms with E-state index in [-0.39, 0.29) is 31.0 Å². The standard InChI is InChI=1S/C35H32BrF4N3O5/c1-46-29-8-4-7-24(18-29)31-34(20-25-6-2-3-9-30(25)36,42-32(48-31)23-10-12-28(13-11-23)47-15-5-14-44)33(45)43-41-21-22-16-26(35(38,39)40)19-27(37)17-22/h2-4,6-13,16-19,31,41,44H,5,14-15,20-21H2,1H3,(H,43,45)/t31-,34-/m0/s1. The lowest BCUT2D eigenvalue weighted by Gasteiger charge is -2.31. The summed E-state index contributed by atoms with van der Waals surface area (Å²) in [4.78, 5) is 19.3. The highest BCUT2D eigenvalue weighted by atomic mass is 79.9. The molecule has 4 aromatic carbocycles. The third kappa shape index (κ3) is 8.15. The number of aliphatic hydroxyl groups excluding tert-OH is 1. The molecule has 1 aliphatic heterocycles. The van der Waals surface area contributed by atoms with Gasteiger partial charge in [-0.2, -0.15) is 13.2 Å². The molecule has 1 amide bonds. The number of hydrogen-bond acceptors (Lipinski definition) is 7. The van der Waals surface area contributed by atoms with E-state index < -0.39 is 35.1 Å². The molecule has 0 radical (unpaired) electrons.